The molecule has 2 aromatic carbocycles. The molecule has 0 aromatic heterocycles. The van der Waals surface area contributed by atoms with Crippen molar-refractivity contribution in [1.29, 1.82) is 5.41 Å². The lowest BCUT2D eigenvalue weighted by Gasteiger charge is -2.40. The number of benzene rings is 2. The Morgan fingerprint density at radius 2 is 2.00 bits per heavy atom. The summed E-state index contributed by atoms with van der Waals surface area (Å²) >= 11 is 0. The van der Waals surface area contributed by atoms with Gasteiger partial charge in [-0.25, -0.2) is 14.2 Å². The molecule has 1 fully saturated rings. The molecule has 4 unspecified atom stereocenters. The van der Waals surface area contributed by atoms with E-state index in [9.17, 15) is 9.18 Å². The predicted molar refractivity (Wildman–Crippen MR) is 136 cm³/mol. The SMILES string of the molecule is CON(C)C(=O)NC(CC1CCC2=CC(=Nc3ccc(F)cc3)C(C=N)CC21C)c1ccccc1. The van der Waals surface area contributed by atoms with E-state index in [2.05, 4.69) is 18.3 Å². The second-order valence-electron chi connectivity index (χ2n) is 9.64. The summed E-state index contributed by atoms with van der Waals surface area (Å²) in [5.74, 6) is -0.0664. The summed E-state index contributed by atoms with van der Waals surface area (Å²) in [5.41, 5.74) is 3.86. The van der Waals surface area contributed by atoms with Crippen LogP contribution in [0.2, 0.25) is 0 Å². The number of halogens is 1. The van der Waals surface area contributed by atoms with Crippen molar-refractivity contribution in [2.45, 2.75) is 38.6 Å². The number of amides is 2. The number of aliphatic imine (C=N–C) groups is 1. The quantitative estimate of drug-likeness (QED) is 0.366. The first-order chi connectivity index (χ1) is 16.8. The van der Waals surface area contributed by atoms with Crippen LogP contribution >= 0.6 is 0 Å². The molecule has 0 aliphatic heterocycles. The summed E-state index contributed by atoms with van der Waals surface area (Å²) in [6.07, 6.45) is 7.17. The van der Waals surface area contributed by atoms with E-state index in [4.69, 9.17) is 15.2 Å². The normalized spacial score (nSPS) is 25.5. The van der Waals surface area contributed by atoms with E-state index in [1.54, 1.807) is 19.2 Å². The first kappa shape index (κ1) is 24.8. The number of nitrogens with one attached hydrogen (secondary N) is 2. The molecule has 184 valence electrons. The van der Waals surface area contributed by atoms with E-state index in [0.29, 0.717) is 11.6 Å². The number of carbonyl (C=O) groups is 1. The van der Waals surface area contributed by atoms with Crippen LogP contribution < -0.4 is 5.32 Å². The lowest BCUT2D eigenvalue weighted by atomic mass is 9.65. The highest BCUT2D eigenvalue weighted by atomic mass is 19.1. The molecule has 2 aromatic rings. The Morgan fingerprint density at radius 3 is 2.66 bits per heavy atom. The molecule has 0 spiro atoms. The van der Waals surface area contributed by atoms with Gasteiger partial charge in [0, 0.05) is 24.9 Å². The minimum Gasteiger partial charge on any atom is -0.329 e. The van der Waals surface area contributed by atoms with E-state index in [1.807, 2.05) is 30.3 Å². The molecular weight excluding hydrogens is 443 g/mol. The van der Waals surface area contributed by atoms with Crippen molar-refractivity contribution >= 4 is 23.6 Å². The zero-order chi connectivity index (χ0) is 25.0. The Labute approximate surface area is 206 Å². The maximum atomic E-state index is 13.3. The molecule has 7 heteroatoms. The van der Waals surface area contributed by atoms with Crippen LogP contribution in [0.25, 0.3) is 0 Å². The molecule has 0 saturated heterocycles. The van der Waals surface area contributed by atoms with Gasteiger partial charge in [-0.1, -0.05) is 42.8 Å². The highest BCUT2D eigenvalue weighted by Crippen LogP contribution is 2.56. The van der Waals surface area contributed by atoms with Gasteiger partial charge >= 0.3 is 6.03 Å². The molecule has 2 amide bonds. The van der Waals surface area contributed by atoms with Crippen molar-refractivity contribution in [3.63, 3.8) is 0 Å². The van der Waals surface area contributed by atoms with E-state index < -0.39 is 0 Å². The van der Waals surface area contributed by atoms with E-state index in [0.717, 1.165) is 37.0 Å². The molecule has 0 radical (unpaired) electrons. The number of hydroxylamine groups is 2. The molecule has 0 bridgehead atoms. The summed E-state index contributed by atoms with van der Waals surface area (Å²) in [6.45, 7) is 2.28. The fraction of sp³-hybridized carbons (Fsp3) is 0.393. The highest BCUT2D eigenvalue weighted by Gasteiger charge is 2.47. The zero-order valence-corrected chi connectivity index (χ0v) is 20.5. The second kappa shape index (κ2) is 10.5. The standard InChI is InChI=1S/C28H33FN4O2/c1-28-17-20(18-30)26(31-24-13-11-23(29)12-14-24)16-22(28)10-9-21(28)15-25(19-7-5-4-6-8-19)32-27(34)33(2)35-3/h4-8,11-14,16,18,20-21,25,30H,9-10,15,17H2,1-3H3,(H,32,34). The van der Waals surface area contributed by atoms with Gasteiger partial charge in [-0.2, -0.15) is 0 Å². The van der Waals surface area contributed by atoms with E-state index >= 15 is 0 Å². The summed E-state index contributed by atoms with van der Waals surface area (Å²) in [4.78, 5) is 22.5. The number of urea groups is 1. The summed E-state index contributed by atoms with van der Waals surface area (Å²) < 4.78 is 13.3. The van der Waals surface area contributed by atoms with Crippen LogP contribution in [-0.4, -0.2) is 37.2 Å². The minimum atomic E-state index is -0.289. The number of hydrogen-bond donors (Lipinski definition) is 2. The number of rotatable bonds is 7. The summed E-state index contributed by atoms with van der Waals surface area (Å²) in [6, 6.07) is 15.7. The van der Waals surface area contributed by atoms with Gasteiger partial charge in [-0.05, 0) is 72.9 Å². The molecule has 6 nitrogen and oxygen atoms in total. The number of nitrogens with zero attached hydrogens (tertiary/aromatic N) is 2. The average molecular weight is 477 g/mol. The number of hydrogen-bond acceptors (Lipinski definition) is 4. The third kappa shape index (κ3) is 5.35. The molecule has 2 aliphatic carbocycles. The minimum absolute atomic E-state index is 0.0883. The lowest BCUT2D eigenvalue weighted by Crippen LogP contribution is -2.41. The molecule has 1 saturated carbocycles. The maximum absolute atomic E-state index is 13.3. The van der Waals surface area contributed by atoms with Crippen molar-refractivity contribution in [3.8, 4) is 0 Å². The second-order valence-corrected chi connectivity index (χ2v) is 9.64. The van der Waals surface area contributed by atoms with Gasteiger partial charge in [0.15, 0.2) is 0 Å². The van der Waals surface area contributed by atoms with Crippen LogP contribution in [0, 0.1) is 28.5 Å². The molecular formula is C28H33FN4O2. The summed E-state index contributed by atoms with van der Waals surface area (Å²) in [7, 11) is 3.06. The highest BCUT2D eigenvalue weighted by molar-refractivity contribution is 6.07. The fourth-order valence-electron chi connectivity index (χ4n) is 5.45. The Hall–Kier alpha value is -3.32. The van der Waals surface area contributed by atoms with Gasteiger partial charge in [0.1, 0.15) is 5.82 Å². The van der Waals surface area contributed by atoms with E-state index in [-0.39, 0.29) is 29.2 Å². The van der Waals surface area contributed by atoms with Crippen LogP contribution in [0.15, 0.2) is 71.2 Å². The number of fused-ring (bicyclic) bond motifs is 1. The monoisotopic (exact) mass is 476 g/mol. The van der Waals surface area contributed by atoms with Crippen LogP contribution in [-0.2, 0) is 4.84 Å². The van der Waals surface area contributed by atoms with Crippen LogP contribution in [0.3, 0.4) is 0 Å². The Balaban J connectivity index is 1.60. The van der Waals surface area contributed by atoms with Crippen LogP contribution in [0.4, 0.5) is 14.9 Å². The van der Waals surface area contributed by atoms with E-state index in [1.165, 1.54) is 36.1 Å². The van der Waals surface area contributed by atoms with Gasteiger partial charge < -0.3 is 10.7 Å². The Kier molecular flexibility index (Phi) is 7.45. The lowest BCUT2D eigenvalue weighted by molar-refractivity contribution is -0.0658. The van der Waals surface area contributed by atoms with Crippen molar-refractivity contribution in [3.05, 3.63) is 77.6 Å². The largest absolute Gasteiger partial charge is 0.341 e. The average Bonchev–Trinajstić information content (AvgIpc) is 3.19. The van der Waals surface area contributed by atoms with Crippen molar-refractivity contribution < 1.29 is 14.0 Å². The number of carbonyl (C=O) groups excluding carboxylic acids is 1. The molecule has 2 N–H and O–H groups in total. The first-order valence-corrected chi connectivity index (χ1v) is 12.0. The molecule has 0 heterocycles. The zero-order valence-electron chi connectivity index (χ0n) is 20.5. The van der Waals surface area contributed by atoms with Gasteiger partial charge in [0.05, 0.1) is 18.8 Å². The van der Waals surface area contributed by atoms with Crippen LogP contribution in [0.5, 0.6) is 0 Å². The Bertz CT molecular complexity index is 1120. The molecule has 2 aliphatic rings. The van der Waals surface area contributed by atoms with Crippen molar-refractivity contribution in [2.24, 2.45) is 22.2 Å². The third-order valence-electron chi connectivity index (χ3n) is 7.61. The molecule has 4 atom stereocenters. The molecule has 4 rings (SSSR count). The number of allylic oxidation sites excluding steroid dienone is 2. The topological polar surface area (TPSA) is 77.8 Å². The van der Waals surface area contributed by atoms with Gasteiger partial charge in [-0.15, -0.1) is 0 Å². The van der Waals surface area contributed by atoms with Crippen LogP contribution in [0.1, 0.15) is 44.2 Å². The smallest absolute Gasteiger partial charge is 0.329 e. The predicted octanol–water partition coefficient (Wildman–Crippen LogP) is 6.24. The van der Waals surface area contributed by atoms with Crippen molar-refractivity contribution in [2.75, 3.05) is 14.2 Å². The van der Waals surface area contributed by atoms with Gasteiger partial charge in [-0.3, -0.25) is 9.83 Å². The molecule has 35 heavy (non-hydrogen) atoms. The Morgan fingerprint density at radius 1 is 1.29 bits per heavy atom. The fourth-order valence-corrected chi connectivity index (χ4v) is 5.45. The maximum Gasteiger partial charge on any atom is 0.341 e. The van der Waals surface area contributed by atoms with Gasteiger partial charge in [0.2, 0.25) is 0 Å². The summed E-state index contributed by atoms with van der Waals surface area (Å²) in [5, 5.41) is 12.4. The van der Waals surface area contributed by atoms with Crippen molar-refractivity contribution in [1.82, 2.24) is 10.4 Å². The third-order valence-corrected chi connectivity index (χ3v) is 7.61. The van der Waals surface area contributed by atoms with Gasteiger partial charge in [0.25, 0.3) is 0 Å². The first-order valence-electron chi connectivity index (χ1n) is 12.0.